The van der Waals surface area contributed by atoms with Crippen LogP contribution in [0.25, 0.3) is 0 Å². The van der Waals surface area contributed by atoms with Crippen molar-refractivity contribution < 1.29 is 0 Å². The lowest BCUT2D eigenvalue weighted by Crippen LogP contribution is -2.38. The molecule has 5 heteroatoms. The molecular weight excluding hydrogens is 286 g/mol. The lowest BCUT2D eigenvalue weighted by atomic mass is 10.4. The Balaban J connectivity index is 1.88. The summed E-state index contributed by atoms with van der Waals surface area (Å²) in [6.45, 7) is 3.13. The monoisotopic (exact) mass is 301 g/mol. The third-order valence-electron chi connectivity index (χ3n) is 2.66. The van der Waals surface area contributed by atoms with E-state index >= 15 is 0 Å². The highest BCUT2D eigenvalue weighted by Gasteiger charge is 2.15. The SMILES string of the molecule is CN=C(NCc1cc(Br)cs1)N1CCCC1. The van der Waals surface area contributed by atoms with Crippen LogP contribution in [0.3, 0.4) is 0 Å². The van der Waals surface area contributed by atoms with Gasteiger partial charge in [0.2, 0.25) is 0 Å². The van der Waals surface area contributed by atoms with Crippen molar-refractivity contribution in [2.75, 3.05) is 20.1 Å². The second kappa shape index (κ2) is 5.68. The van der Waals surface area contributed by atoms with Gasteiger partial charge in [-0.2, -0.15) is 0 Å². The average Bonchev–Trinajstić information content (AvgIpc) is 2.91. The van der Waals surface area contributed by atoms with Crippen molar-refractivity contribution in [3.05, 3.63) is 20.8 Å². The predicted molar refractivity (Wildman–Crippen MR) is 73.0 cm³/mol. The lowest BCUT2D eigenvalue weighted by molar-refractivity contribution is 0.494. The Bertz CT molecular complexity index is 369. The Morgan fingerprint density at radius 2 is 2.31 bits per heavy atom. The van der Waals surface area contributed by atoms with Crippen LogP contribution in [0.2, 0.25) is 0 Å². The van der Waals surface area contributed by atoms with Crippen molar-refractivity contribution in [3.8, 4) is 0 Å². The maximum atomic E-state index is 4.32. The molecule has 1 aromatic heterocycles. The fourth-order valence-electron chi connectivity index (χ4n) is 1.87. The average molecular weight is 302 g/mol. The molecular formula is C11H16BrN3S. The van der Waals surface area contributed by atoms with Crippen LogP contribution < -0.4 is 5.32 Å². The molecule has 2 heterocycles. The normalized spacial score (nSPS) is 16.9. The van der Waals surface area contributed by atoms with E-state index in [0.29, 0.717) is 0 Å². The van der Waals surface area contributed by atoms with Crippen molar-refractivity contribution in [1.29, 1.82) is 0 Å². The second-order valence-electron chi connectivity index (χ2n) is 3.83. The Kier molecular flexibility index (Phi) is 4.23. The van der Waals surface area contributed by atoms with Crippen LogP contribution in [0.5, 0.6) is 0 Å². The van der Waals surface area contributed by atoms with E-state index in [4.69, 9.17) is 0 Å². The zero-order chi connectivity index (χ0) is 11.4. The molecule has 1 fully saturated rings. The summed E-state index contributed by atoms with van der Waals surface area (Å²) in [4.78, 5) is 7.96. The summed E-state index contributed by atoms with van der Waals surface area (Å²) >= 11 is 5.23. The van der Waals surface area contributed by atoms with Crippen molar-refractivity contribution >= 4 is 33.2 Å². The Morgan fingerprint density at radius 1 is 1.56 bits per heavy atom. The van der Waals surface area contributed by atoms with E-state index in [2.05, 4.69) is 42.6 Å². The number of thiophene rings is 1. The first-order valence-corrected chi connectivity index (χ1v) is 7.15. The first kappa shape index (κ1) is 11.9. The van der Waals surface area contributed by atoms with Crippen LogP contribution in [0, 0.1) is 0 Å². The van der Waals surface area contributed by atoms with E-state index in [9.17, 15) is 0 Å². The van der Waals surface area contributed by atoms with E-state index in [1.165, 1.54) is 17.7 Å². The number of hydrogen-bond donors (Lipinski definition) is 1. The van der Waals surface area contributed by atoms with Gasteiger partial charge in [-0.05, 0) is 34.8 Å². The molecule has 1 aliphatic rings. The summed E-state index contributed by atoms with van der Waals surface area (Å²) in [5, 5.41) is 5.51. The van der Waals surface area contributed by atoms with E-state index in [1.54, 1.807) is 11.3 Å². The van der Waals surface area contributed by atoms with Gasteiger partial charge < -0.3 is 10.2 Å². The fourth-order valence-corrected chi connectivity index (χ4v) is 3.26. The van der Waals surface area contributed by atoms with Crippen molar-refractivity contribution in [1.82, 2.24) is 10.2 Å². The molecule has 0 atom stereocenters. The molecule has 2 rings (SSSR count). The molecule has 1 aliphatic heterocycles. The minimum atomic E-state index is 0.861. The van der Waals surface area contributed by atoms with Gasteiger partial charge in [-0.15, -0.1) is 11.3 Å². The van der Waals surface area contributed by atoms with Gasteiger partial charge in [0.05, 0.1) is 6.54 Å². The van der Waals surface area contributed by atoms with Gasteiger partial charge in [0.25, 0.3) is 0 Å². The maximum Gasteiger partial charge on any atom is 0.193 e. The molecule has 0 aliphatic carbocycles. The smallest absolute Gasteiger partial charge is 0.193 e. The minimum absolute atomic E-state index is 0.861. The number of nitrogens with one attached hydrogen (secondary N) is 1. The van der Waals surface area contributed by atoms with E-state index in [1.807, 2.05) is 7.05 Å². The Hall–Kier alpha value is -0.550. The van der Waals surface area contributed by atoms with E-state index in [-0.39, 0.29) is 0 Å². The summed E-state index contributed by atoms with van der Waals surface area (Å²) in [5.41, 5.74) is 0. The van der Waals surface area contributed by atoms with Crippen LogP contribution in [0.15, 0.2) is 20.9 Å². The quantitative estimate of drug-likeness (QED) is 0.672. The summed E-state index contributed by atoms with van der Waals surface area (Å²) in [5.74, 6) is 1.03. The molecule has 0 unspecified atom stereocenters. The van der Waals surface area contributed by atoms with Crippen LogP contribution in [0.1, 0.15) is 17.7 Å². The number of likely N-dealkylation sites (tertiary alicyclic amines) is 1. The van der Waals surface area contributed by atoms with Crippen molar-refractivity contribution in [2.45, 2.75) is 19.4 Å². The number of rotatable bonds is 2. The van der Waals surface area contributed by atoms with Gasteiger partial charge in [-0.1, -0.05) is 0 Å². The number of aliphatic imine (C=N–C) groups is 1. The fraction of sp³-hybridized carbons (Fsp3) is 0.545. The highest BCUT2D eigenvalue weighted by atomic mass is 79.9. The van der Waals surface area contributed by atoms with E-state index in [0.717, 1.165) is 30.1 Å². The highest BCUT2D eigenvalue weighted by Crippen LogP contribution is 2.19. The van der Waals surface area contributed by atoms with Crippen LogP contribution in [0.4, 0.5) is 0 Å². The molecule has 1 N–H and O–H groups in total. The number of guanidine groups is 1. The molecule has 88 valence electrons. The molecule has 0 aromatic carbocycles. The number of halogens is 1. The molecule has 16 heavy (non-hydrogen) atoms. The Labute approximate surface area is 109 Å². The molecule has 1 saturated heterocycles. The summed E-state index contributed by atoms with van der Waals surface area (Å²) in [6, 6.07) is 2.15. The second-order valence-corrected chi connectivity index (χ2v) is 5.74. The molecule has 1 aromatic rings. The Morgan fingerprint density at radius 3 is 2.88 bits per heavy atom. The molecule has 0 radical (unpaired) electrons. The standard InChI is InChI=1S/C11H16BrN3S/c1-13-11(15-4-2-3-5-15)14-7-10-6-9(12)8-16-10/h6,8H,2-5,7H2,1H3,(H,13,14). The third kappa shape index (κ3) is 2.98. The summed E-state index contributed by atoms with van der Waals surface area (Å²) in [7, 11) is 1.85. The van der Waals surface area contributed by atoms with Gasteiger partial charge in [0, 0.05) is 34.9 Å². The molecule has 0 bridgehead atoms. The topological polar surface area (TPSA) is 27.6 Å². The van der Waals surface area contributed by atoms with Crippen LogP contribution >= 0.6 is 27.3 Å². The largest absolute Gasteiger partial charge is 0.351 e. The number of hydrogen-bond acceptors (Lipinski definition) is 2. The predicted octanol–water partition coefficient (Wildman–Crippen LogP) is 2.68. The number of nitrogens with zero attached hydrogens (tertiary/aromatic N) is 2. The van der Waals surface area contributed by atoms with Crippen molar-refractivity contribution in [2.24, 2.45) is 4.99 Å². The van der Waals surface area contributed by atoms with Gasteiger partial charge in [-0.25, -0.2) is 0 Å². The van der Waals surface area contributed by atoms with Crippen LogP contribution in [-0.4, -0.2) is 31.0 Å². The van der Waals surface area contributed by atoms with Gasteiger partial charge >= 0.3 is 0 Å². The van der Waals surface area contributed by atoms with E-state index < -0.39 is 0 Å². The summed E-state index contributed by atoms with van der Waals surface area (Å²) < 4.78 is 1.16. The lowest BCUT2D eigenvalue weighted by Gasteiger charge is -2.20. The molecule has 0 amide bonds. The minimum Gasteiger partial charge on any atom is -0.351 e. The first-order valence-electron chi connectivity index (χ1n) is 5.48. The van der Waals surface area contributed by atoms with Crippen LogP contribution in [-0.2, 0) is 6.54 Å². The maximum absolute atomic E-state index is 4.32. The molecule has 0 saturated carbocycles. The van der Waals surface area contributed by atoms with Crippen molar-refractivity contribution in [3.63, 3.8) is 0 Å². The zero-order valence-electron chi connectivity index (χ0n) is 9.37. The van der Waals surface area contributed by atoms with Gasteiger partial charge in [0.15, 0.2) is 5.96 Å². The molecule has 0 spiro atoms. The summed E-state index contributed by atoms with van der Waals surface area (Å²) in [6.07, 6.45) is 2.57. The third-order valence-corrected chi connectivity index (χ3v) is 4.36. The molecule has 3 nitrogen and oxygen atoms in total. The highest BCUT2D eigenvalue weighted by molar-refractivity contribution is 9.10. The van der Waals surface area contributed by atoms with Gasteiger partial charge in [-0.3, -0.25) is 4.99 Å². The zero-order valence-corrected chi connectivity index (χ0v) is 11.8. The van der Waals surface area contributed by atoms with Gasteiger partial charge in [0.1, 0.15) is 0 Å². The first-order chi connectivity index (χ1) is 7.79.